The zero-order valence-corrected chi connectivity index (χ0v) is 11.8. The van der Waals surface area contributed by atoms with Crippen molar-refractivity contribution in [3.05, 3.63) is 33.8 Å². The number of nitrogens with one attached hydrogen (secondary N) is 1. The number of hydrogen-bond acceptors (Lipinski definition) is 2. The average Bonchev–Trinajstić information content (AvgIpc) is 2.79. The summed E-state index contributed by atoms with van der Waals surface area (Å²) in [5.41, 5.74) is 0.953. The highest BCUT2D eigenvalue weighted by Crippen LogP contribution is 2.20. The van der Waals surface area contributed by atoms with E-state index >= 15 is 0 Å². The highest BCUT2D eigenvalue weighted by atomic mass is 35.5. The van der Waals surface area contributed by atoms with Crippen LogP contribution >= 0.6 is 23.2 Å². The minimum atomic E-state index is 0.102. The molecule has 1 aliphatic heterocycles. The van der Waals surface area contributed by atoms with Gasteiger partial charge in [0.1, 0.15) is 0 Å². The lowest BCUT2D eigenvalue weighted by molar-refractivity contribution is -0.134. The van der Waals surface area contributed by atoms with Gasteiger partial charge in [-0.25, -0.2) is 0 Å². The van der Waals surface area contributed by atoms with Crippen molar-refractivity contribution in [2.75, 3.05) is 20.1 Å². The summed E-state index contributed by atoms with van der Waals surface area (Å²) in [4.78, 5) is 13.9. The van der Waals surface area contributed by atoms with Crippen molar-refractivity contribution in [2.24, 2.45) is 5.92 Å². The number of nitrogens with zero attached hydrogens (tertiary/aromatic N) is 1. The molecule has 1 atom stereocenters. The van der Waals surface area contributed by atoms with Gasteiger partial charge in [0.2, 0.25) is 5.91 Å². The zero-order valence-electron chi connectivity index (χ0n) is 10.2. The quantitative estimate of drug-likeness (QED) is 0.926. The maximum absolute atomic E-state index is 12.1. The Hall–Kier alpha value is -0.770. The largest absolute Gasteiger partial charge is 0.341 e. The van der Waals surface area contributed by atoms with Crippen molar-refractivity contribution in [1.82, 2.24) is 10.2 Å². The molecule has 1 amide bonds. The Morgan fingerprint density at radius 1 is 1.39 bits per heavy atom. The van der Waals surface area contributed by atoms with Crippen LogP contribution in [0.3, 0.4) is 0 Å². The van der Waals surface area contributed by atoms with Crippen molar-refractivity contribution in [1.29, 1.82) is 0 Å². The summed E-state index contributed by atoms with van der Waals surface area (Å²) in [7, 11) is 1.81. The van der Waals surface area contributed by atoms with E-state index in [4.69, 9.17) is 23.2 Å². The van der Waals surface area contributed by atoms with Gasteiger partial charge in [-0.2, -0.15) is 0 Å². The third-order valence-electron chi connectivity index (χ3n) is 3.13. The Morgan fingerprint density at radius 3 is 2.61 bits per heavy atom. The first-order valence-electron chi connectivity index (χ1n) is 5.97. The molecule has 0 spiro atoms. The molecule has 2 rings (SSSR count). The number of rotatable bonds is 3. The summed E-state index contributed by atoms with van der Waals surface area (Å²) in [6.45, 7) is 2.24. The second kappa shape index (κ2) is 5.91. The monoisotopic (exact) mass is 286 g/mol. The van der Waals surface area contributed by atoms with Crippen molar-refractivity contribution < 1.29 is 4.79 Å². The molecule has 0 aromatic heterocycles. The number of carbonyl (C=O) groups excluding carboxylic acids is 1. The molecule has 0 bridgehead atoms. The molecule has 1 aromatic rings. The molecule has 1 fully saturated rings. The molecule has 18 heavy (non-hydrogen) atoms. The SMILES string of the molecule is CN(Cc1cc(Cl)cc(Cl)c1)C(=O)C1CCNC1. The van der Waals surface area contributed by atoms with E-state index in [0.29, 0.717) is 16.6 Å². The van der Waals surface area contributed by atoms with Gasteiger partial charge in [-0.1, -0.05) is 23.2 Å². The van der Waals surface area contributed by atoms with Crippen LogP contribution in [0.15, 0.2) is 18.2 Å². The standard InChI is InChI=1S/C13H16Cl2N2O/c1-17(13(18)10-2-3-16-7-10)8-9-4-11(14)6-12(15)5-9/h4-6,10,16H,2-3,7-8H2,1H3. The molecule has 3 nitrogen and oxygen atoms in total. The molecule has 0 radical (unpaired) electrons. The van der Waals surface area contributed by atoms with Crippen LogP contribution in [0.4, 0.5) is 0 Å². The van der Waals surface area contributed by atoms with E-state index in [-0.39, 0.29) is 11.8 Å². The molecule has 1 aromatic carbocycles. The fourth-order valence-electron chi connectivity index (χ4n) is 2.23. The normalized spacial score (nSPS) is 18.9. The lowest BCUT2D eigenvalue weighted by Crippen LogP contribution is -2.33. The van der Waals surface area contributed by atoms with E-state index in [1.807, 2.05) is 19.2 Å². The topological polar surface area (TPSA) is 32.3 Å². The summed E-state index contributed by atoms with van der Waals surface area (Å²) < 4.78 is 0. The second-order valence-corrected chi connectivity index (χ2v) is 5.53. The van der Waals surface area contributed by atoms with Crippen LogP contribution in [0.25, 0.3) is 0 Å². The number of carbonyl (C=O) groups is 1. The fraction of sp³-hybridized carbons (Fsp3) is 0.462. The number of halogens is 2. The van der Waals surface area contributed by atoms with Crippen LogP contribution in [0.1, 0.15) is 12.0 Å². The number of amides is 1. The van der Waals surface area contributed by atoms with Gasteiger partial charge in [-0.15, -0.1) is 0 Å². The van der Waals surface area contributed by atoms with Gasteiger partial charge in [0, 0.05) is 30.2 Å². The maximum Gasteiger partial charge on any atom is 0.227 e. The van der Waals surface area contributed by atoms with E-state index in [1.165, 1.54) is 0 Å². The lowest BCUT2D eigenvalue weighted by Gasteiger charge is -2.21. The first-order chi connectivity index (χ1) is 8.56. The first-order valence-corrected chi connectivity index (χ1v) is 6.72. The molecule has 1 aliphatic rings. The minimum absolute atomic E-state index is 0.102. The summed E-state index contributed by atoms with van der Waals surface area (Å²) in [5, 5.41) is 4.40. The van der Waals surface area contributed by atoms with Gasteiger partial charge in [0.05, 0.1) is 5.92 Å². The summed E-state index contributed by atoms with van der Waals surface area (Å²) >= 11 is 11.9. The third-order valence-corrected chi connectivity index (χ3v) is 3.56. The summed E-state index contributed by atoms with van der Waals surface area (Å²) in [5.74, 6) is 0.278. The van der Waals surface area contributed by atoms with Crippen LogP contribution in [-0.2, 0) is 11.3 Å². The van der Waals surface area contributed by atoms with Gasteiger partial charge < -0.3 is 10.2 Å². The minimum Gasteiger partial charge on any atom is -0.341 e. The van der Waals surface area contributed by atoms with Crippen molar-refractivity contribution in [3.63, 3.8) is 0 Å². The van der Waals surface area contributed by atoms with Gasteiger partial charge in [0.25, 0.3) is 0 Å². The molecule has 0 aliphatic carbocycles. The van der Waals surface area contributed by atoms with Crippen LogP contribution < -0.4 is 5.32 Å². The smallest absolute Gasteiger partial charge is 0.227 e. The molecule has 98 valence electrons. The summed E-state index contributed by atoms with van der Waals surface area (Å²) in [6.07, 6.45) is 0.916. The predicted molar refractivity (Wildman–Crippen MR) is 73.9 cm³/mol. The van der Waals surface area contributed by atoms with Crippen molar-refractivity contribution >= 4 is 29.1 Å². The highest BCUT2D eigenvalue weighted by Gasteiger charge is 2.25. The van der Waals surface area contributed by atoms with Gasteiger partial charge in [-0.3, -0.25) is 4.79 Å². The number of hydrogen-bond donors (Lipinski definition) is 1. The Bertz CT molecular complexity index is 424. The second-order valence-electron chi connectivity index (χ2n) is 4.66. The number of benzene rings is 1. The molecule has 1 heterocycles. The van der Waals surface area contributed by atoms with Crippen LogP contribution in [0.2, 0.25) is 10.0 Å². The van der Waals surface area contributed by atoms with E-state index in [9.17, 15) is 4.79 Å². The molecule has 1 unspecified atom stereocenters. The maximum atomic E-state index is 12.1. The van der Waals surface area contributed by atoms with Gasteiger partial charge >= 0.3 is 0 Å². The van der Waals surface area contributed by atoms with E-state index < -0.39 is 0 Å². The Kier molecular flexibility index (Phi) is 4.49. The molecular weight excluding hydrogens is 271 g/mol. The molecular formula is C13H16Cl2N2O. The van der Waals surface area contributed by atoms with Gasteiger partial charge in [-0.05, 0) is 36.7 Å². The Balaban J connectivity index is 2.01. The van der Waals surface area contributed by atoms with Crippen LogP contribution in [0.5, 0.6) is 0 Å². The van der Waals surface area contributed by atoms with Gasteiger partial charge in [0.15, 0.2) is 0 Å². The Labute approximate surface area is 117 Å². The van der Waals surface area contributed by atoms with Crippen LogP contribution in [0, 0.1) is 5.92 Å². The first kappa shape index (κ1) is 13.7. The zero-order chi connectivity index (χ0) is 13.1. The van der Waals surface area contributed by atoms with Crippen molar-refractivity contribution in [3.8, 4) is 0 Å². The molecule has 1 saturated heterocycles. The highest BCUT2D eigenvalue weighted by molar-refractivity contribution is 6.34. The fourth-order valence-corrected chi connectivity index (χ4v) is 2.80. The third kappa shape index (κ3) is 3.37. The van der Waals surface area contributed by atoms with Crippen molar-refractivity contribution in [2.45, 2.75) is 13.0 Å². The van der Waals surface area contributed by atoms with Crippen LogP contribution in [-0.4, -0.2) is 30.9 Å². The average molecular weight is 287 g/mol. The van der Waals surface area contributed by atoms with E-state index in [2.05, 4.69) is 5.32 Å². The predicted octanol–water partition coefficient (Wildman–Crippen LogP) is 2.56. The summed E-state index contributed by atoms with van der Waals surface area (Å²) in [6, 6.07) is 5.36. The Morgan fingerprint density at radius 2 is 2.06 bits per heavy atom. The lowest BCUT2D eigenvalue weighted by atomic mass is 10.1. The van der Waals surface area contributed by atoms with E-state index in [0.717, 1.165) is 25.1 Å². The molecule has 1 N–H and O–H groups in total. The molecule has 5 heteroatoms. The molecule has 0 saturated carbocycles. The van der Waals surface area contributed by atoms with E-state index in [1.54, 1.807) is 11.0 Å².